The second-order valence-electron chi connectivity index (χ2n) is 4.03. The Bertz CT molecular complexity index is 540. The van der Waals surface area contributed by atoms with Crippen LogP contribution in [0, 0.1) is 13.8 Å². The van der Waals surface area contributed by atoms with Crippen molar-refractivity contribution in [2.24, 2.45) is 0 Å². The van der Waals surface area contributed by atoms with E-state index in [1.807, 2.05) is 31.2 Å². The van der Waals surface area contributed by atoms with E-state index >= 15 is 0 Å². The molecule has 4 nitrogen and oxygen atoms in total. The number of carboxylic acid groups (broad SMARTS) is 1. The van der Waals surface area contributed by atoms with Crippen molar-refractivity contribution < 1.29 is 14.4 Å². The summed E-state index contributed by atoms with van der Waals surface area (Å²) < 4.78 is 4.92. The van der Waals surface area contributed by atoms with E-state index in [2.05, 4.69) is 5.16 Å². The van der Waals surface area contributed by atoms with Gasteiger partial charge in [-0.05, 0) is 19.4 Å². The minimum Gasteiger partial charge on any atom is -0.477 e. The fourth-order valence-electron chi connectivity index (χ4n) is 1.71. The minimum absolute atomic E-state index is 0.172. The van der Waals surface area contributed by atoms with Crippen molar-refractivity contribution in [1.82, 2.24) is 5.16 Å². The third-order valence-corrected chi connectivity index (χ3v) is 2.64. The van der Waals surface area contributed by atoms with E-state index in [9.17, 15) is 4.79 Å². The molecule has 1 N–H and O–H groups in total. The van der Waals surface area contributed by atoms with Gasteiger partial charge in [0.1, 0.15) is 17.0 Å². The first-order valence-electron chi connectivity index (χ1n) is 5.32. The maximum atomic E-state index is 11.0. The highest BCUT2D eigenvalue weighted by Gasteiger charge is 2.19. The van der Waals surface area contributed by atoms with Crippen LogP contribution in [0.4, 0.5) is 0 Å². The van der Waals surface area contributed by atoms with E-state index < -0.39 is 5.97 Å². The summed E-state index contributed by atoms with van der Waals surface area (Å²) in [6, 6.07) is 7.90. The van der Waals surface area contributed by atoms with Crippen molar-refractivity contribution in [2.75, 3.05) is 0 Å². The minimum atomic E-state index is -0.995. The van der Waals surface area contributed by atoms with Crippen molar-refractivity contribution >= 4 is 5.97 Å². The van der Waals surface area contributed by atoms with E-state index in [1.54, 1.807) is 6.92 Å². The van der Waals surface area contributed by atoms with Crippen molar-refractivity contribution in [3.63, 3.8) is 0 Å². The smallest absolute Gasteiger partial charge is 0.341 e. The number of aromatic carboxylic acids is 1. The van der Waals surface area contributed by atoms with Crippen LogP contribution in [-0.2, 0) is 6.42 Å². The van der Waals surface area contributed by atoms with Gasteiger partial charge in [0.15, 0.2) is 0 Å². The summed E-state index contributed by atoms with van der Waals surface area (Å²) in [5, 5.41) is 12.9. The molecule has 0 bridgehead atoms. The lowest BCUT2D eigenvalue weighted by atomic mass is 10.0. The van der Waals surface area contributed by atoms with Crippen LogP contribution in [0.3, 0.4) is 0 Å². The highest BCUT2D eigenvalue weighted by molar-refractivity contribution is 5.89. The Morgan fingerprint density at radius 2 is 1.94 bits per heavy atom. The highest BCUT2D eigenvalue weighted by atomic mass is 16.5. The van der Waals surface area contributed by atoms with E-state index in [0.717, 1.165) is 5.56 Å². The molecule has 2 rings (SSSR count). The Balaban J connectivity index is 2.30. The number of aromatic nitrogens is 1. The molecule has 1 heterocycles. The van der Waals surface area contributed by atoms with Gasteiger partial charge >= 0.3 is 5.97 Å². The second-order valence-corrected chi connectivity index (χ2v) is 4.03. The van der Waals surface area contributed by atoms with Gasteiger partial charge in [-0.3, -0.25) is 0 Å². The van der Waals surface area contributed by atoms with Gasteiger partial charge in [0, 0.05) is 6.42 Å². The number of hydrogen-bond acceptors (Lipinski definition) is 3. The molecule has 0 atom stereocenters. The lowest BCUT2D eigenvalue weighted by Crippen LogP contribution is -2.02. The molecule has 1 aromatic carbocycles. The largest absolute Gasteiger partial charge is 0.477 e. The van der Waals surface area contributed by atoms with Gasteiger partial charge in [-0.15, -0.1) is 0 Å². The molecule has 0 radical (unpaired) electrons. The van der Waals surface area contributed by atoms with Gasteiger partial charge in [0.25, 0.3) is 0 Å². The molecule has 1 aromatic heterocycles. The van der Waals surface area contributed by atoms with Crippen LogP contribution in [-0.4, -0.2) is 16.2 Å². The van der Waals surface area contributed by atoms with E-state index in [1.165, 1.54) is 5.56 Å². The molecule has 0 spiro atoms. The van der Waals surface area contributed by atoms with E-state index in [0.29, 0.717) is 17.9 Å². The average Bonchev–Trinajstić information content (AvgIpc) is 2.63. The molecule has 88 valence electrons. The molecule has 0 aliphatic rings. The third-order valence-electron chi connectivity index (χ3n) is 2.64. The lowest BCUT2D eigenvalue weighted by Gasteiger charge is -2.00. The molecular formula is C13H13NO3. The topological polar surface area (TPSA) is 63.3 Å². The Morgan fingerprint density at radius 1 is 1.29 bits per heavy atom. The average molecular weight is 231 g/mol. The molecule has 0 amide bonds. The number of carbonyl (C=O) groups is 1. The maximum Gasteiger partial charge on any atom is 0.341 e. The van der Waals surface area contributed by atoms with Crippen LogP contribution in [0.1, 0.15) is 32.9 Å². The first-order chi connectivity index (χ1) is 8.08. The quantitative estimate of drug-likeness (QED) is 0.881. The maximum absolute atomic E-state index is 11.0. The number of nitrogens with zero attached hydrogens (tertiary/aromatic N) is 1. The highest BCUT2D eigenvalue weighted by Crippen LogP contribution is 2.17. The first-order valence-corrected chi connectivity index (χ1v) is 5.32. The molecule has 0 aliphatic carbocycles. The first kappa shape index (κ1) is 11.4. The zero-order chi connectivity index (χ0) is 12.4. The molecule has 0 fully saturated rings. The molecular weight excluding hydrogens is 218 g/mol. The number of rotatable bonds is 3. The Labute approximate surface area is 98.9 Å². The summed E-state index contributed by atoms with van der Waals surface area (Å²) >= 11 is 0. The van der Waals surface area contributed by atoms with Crippen LogP contribution in [0.2, 0.25) is 0 Å². The van der Waals surface area contributed by atoms with Crippen molar-refractivity contribution in [2.45, 2.75) is 20.3 Å². The van der Waals surface area contributed by atoms with Gasteiger partial charge in [0.2, 0.25) is 0 Å². The van der Waals surface area contributed by atoms with Crippen LogP contribution >= 0.6 is 0 Å². The lowest BCUT2D eigenvalue weighted by molar-refractivity contribution is 0.0694. The Hall–Kier alpha value is -2.10. The number of aryl methyl sites for hydroxylation is 2. The molecule has 2 aromatic rings. The number of benzene rings is 1. The van der Waals surface area contributed by atoms with Crippen LogP contribution < -0.4 is 0 Å². The molecule has 4 heteroatoms. The summed E-state index contributed by atoms with van der Waals surface area (Å²) in [5.74, 6) is -0.648. The summed E-state index contributed by atoms with van der Waals surface area (Å²) in [6.45, 7) is 3.61. The molecule has 0 unspecified atom stereocenters. The summed E-state index contributed by atoms with van der Waals surface area (Å²) in [4.78, 5) is 11.0. The summed E-state index contributed by atoms with van der Waals surface area (Å²) in [6.07, 6.45) is 0.471. The van der Waals surface area contributed by atoms with Gasteiger partial charge in [-0.2, -0.15) is 0 Å². The third kappa shape index (κ3) is 2.36. The van der Waals surface area contributed by atoms with Gasteiger partial charge in [-0.1, -0.05) is 35.0 Å². The summed E-state index contributed by atoms with van der Waals surface area (Å²) in [5.41, 5.74) is 2.83. The van der Waals surface area contributed by atoms with Gasteiger partial charge in [0.05, 0.1) is 0 Å². The SMILES string of the molecule is Cc1ccc(Cc2noc(C)c2C(=O)O)cc1. The Morgan fingerprint density at radius 3 is 2.53 bits per heavy atom. The monoisotopic (exact) mass is 231 g/mol. The molecule has 0 saturated carbocycles. The normalized spacial score (nSPS) is 10.5. The molecule has 17 heavy (non-hydrogen) atoms. The zero-order valence-electron chi connectivity index (χ0n) is 9.73. The standard InChI is InChI=1S/C13H13NO3/c1-8-3-5-10(6-4-8)7-11-12(13(15)16)9(2)17-14-11/h3-6H,7H2,1-2H3,(H,15,16). The fraction of sp³-hybridized carbons (Fsp3) is 0.231. The molecule has 0 aliphatic heterocycles. The van der Waals surface area contributed by atoms with Crippen molar-refractivity contribution in [3.8, 4) is 0 Å². The van der Waals surface area contributed by atoms with E-state index in [4.69, 9.17) is 9.63 Å². The molecule has 0 saturated heterocycles. The van der Waals surface area contributed by atoms with E-state index in [-0.39, 0.29) is 5.56 Å². The summed E-state index contributed by atoms with van der Waals surface area (Å²) in [7, 11) is 0. The zero-order valence-corrected chi connectivity index (χ0v) is 9.73. The predicted octanol–water partition coefficient (Wildman–Crippen LogP) is 2.58. The predicted molar refractivity (Wildman–Crippen MR) is 62.2 cm³/mol. The fourth-order valence-corrected chi connectivity index (χ4v) is 1.71. The van der Waals surface area contributed by atoms with Crippen molar-refractivity contribution in [3.05, 3.63) is 52.4 Å². The van der Waals surface area contributed by atoms with Crippen LogP contribution in [0.25, 0.3) is 0 Å². The second kappa shape index (κ2) is 4.41. The number of carboxylic acids is 1. The van der Waals surface area contributed by atoms with Gasteiger partial charge in [-0.25, -0.2) is 4.79 Å². The number of hydrogen-bond donors (Lipinski definition) is 1. The van der Waals surface area contributed by atoms with Crippen molar-refractivity contribution in [1.29, 1.82) is 0 Å². The van der Waals surface area contributed by atoms with Crippen LogP contribution in [0.15, 0.2) is 28.8 Å². The Kier molecular flexibility index (Phi) is 2.95. The van der Waals surface area contributed by atoms with Gasteiger partial charge < -0.3 is 9.63 Å². The van der Waals surface area contributed by atoms with Crippen LogP contribution in [0.5, 0.6) is 0 Å².